The van der Waals surface area contributed by atoms with Gasteiger partial charge in [-0.3, -0.25) is 4.79 Å². The van der Waals surface area contributed by atoms with Gasteiger partial charge in [0.2, 0.25) is 0 Å². The number of hydrogen-bond acceptors (Lipinski definition) is 10. The highest BCUT2D eigenvalue weighted by Gasteiger charge is 2.41. The number of ether oxygens (including phenoxy) is 1. The van der Waals surface area contributed by atoms with Crippen molar-refractivity contribution in [1.82, 2.24) is 0 Å². The van der Waals surface area contributed by atoms with Crippen molar-refractivity contribution in [2.75, 3.05) is 6.61 Å². The summed E-state index contributed by atoms with van der Waals surface area (Å²) < 4.78 is 5.23. The largest absolute Gasteiger partial charge is 0.507 e. The van der Waals surface area contributed by atoms with Gasteiger partial charge in [0.25, 0.3) is 0 Å². The molecule has 1 aliphatic heterocycles. The molecule has 1 aliphatic rings. The predicted molar refractivity (Wildman–Crippen MR) is 100 cm³/mol. The van der Waals surface area contributed by atoms with Gasteiger partial charge in [0.15, 0.2) is 17.3 Å². The third kappa shape index (κ3) is 4.04. The number of carbonyl (C=O) groups excluding carboxylic acids is 1. The molecule has 0 bridgehead atoms. The van der Waals surface area contributed by atoms with Crippen LogP contribution in [0.25, 0.3) is 0 Å². The topological polar surface area (TPSA) is 188 Å². The SMILES string of the molecule is O=C(c1ccc(O)c([C@@H]2OC[C@@H](O)[C@H](O)C2O)c1O)C(O)Cc1ccc(O)c(O)c1. The fourth-order valence-corrected chi connectivity index (χ4v) is 3.33. The van der Waals surface area contributed by atoms with Crippen LogP contribution in [0.3, 0.4) is 0 Å². The summed E-state index contributed by atoms with van der Waals surface area (Å²) >= 11 is 0. The van der Waals surface area contributed by atoms with Crippen LogP contribution in [0.4, 0.5) is 0 Å². The summed E-state index contributed by atoms with van der Waals surface area (Å²) in [6, 6.07) is 5.91. The molecule has 5 atom stereocenters. The van der Waals surface area contributed by atoms with E-state index in [1.54, 1.807) is 0 Å². The van der Waals surface area contributed by atoms with Crippen LogP contribution in [0, 0.1) is 0 Å². The van der Waals surface area contributed by atoms with E-state index >= 15 is 0 Å². The molecule has 0 radical (unpaired) electrons. The molecule has 2 aromatic carbocycles. The summed E-state index contributed by atoms with van der Waals surface area (Å²) in [5.74, 6) is -2.97. The first-order valence-electron chi connectivity index (χ1n) is 9.05. The molecule has 0 spiro atoms. The molecule has 10 heteroatoms. The van der Waals surface area contributed by atoms with Gasteiger partial charge in [-0.1, -0.05) is 6.07 Å². The fourth-order valence-electron chi connectivity index (χ4n) is 3.33. The molecule has 0 aromatic heterocycles. The second-order valence-corrected chi connectivity index (χ2v) is 7.10. The van der Waals surface area contributed by atoms with E-state index in [1.807, 2.05) is 0 Å². The number of Topliss-reactive ketones (excluding diaryl/α,β-unsaturated/α-hetero) is 1. The van der Waals surface area contributed by atoms with Gasteiger partial charge in [-0.2, -0.15) is 0 Å². The number of rotatable bonds is 5. The zero-order valence-electron chi connectivity index (χ0n) is 15.6. The van der Waals surface area contributed by atoms with E-state index in [9.17, 15) is 45.6 Å². The Labute approximate surface area is 170 Å². The number of aromatic hydroxyl groups is 4. The highest BCUT2D eigenvalue weighted by molar-refractivity contribution is 6.02. The first kappa shape index (κ1) is 21.8. The second kappa shape index (κ2) is 8.46. The molecule has 2 unspecified atom stereocenters. The smallest absolute Gasteiger partial charge is 0.195 e. The molecule has 2 aromatic rings. The first-order valence-corrected chi connectivity index (χ1v) is 9.05. The molecule has 1 fully saturated rings. The Morgan fingerprint density at radius 2 is 1.63 bits per heavy atom. The maximum Gasteiger partial charge on any atom is 0.195 e. The van der Waals surface area contributed by atoms with Gasteiger partial charge in [0.05, 0.1) is 17.7 Å². The van der Waals surface area contributed by atoms with Crippen LogP contribution in [0.2, 0.25) is 0 Å². The Balaban J connectivity index is 1.88. The van der Waals surface area contributed by atoms with Crippen molar-refractivity contribution >= 4 is 5.78 Å². The monoisotopic (exact) mass is 422 g/mol. The maximum absolute atomic E-state index is 12.7. The molecule has 0 amide bonds. The standard InChI is InChI=1S/C20H22O10/c21-10-3-1-8(5-12(10)23)6-13(24)16(26)9-2-4-11(22)15(17(9)27)20-19(29)18(28)14(25)7-30-20/h1-5,13-14,18-25,27-29H,6-7H2/t13?,14-,18+,19?,20+/m1/s1. The van der Waals surface area contributed by atoms with Gasteiger partial charge >= 0.3 is 0 Å². The van der Waals surface area contributed by atoms with Crippen LogP contribution in [-0.4, -0.2) is 77.7 Å². The average molecular weight is 422 g/mol. The second-order valence-electron chi connectivity index (χ2n) is 7.10. The van der Waals surface area contributed by atoms with Crippen LogP contribution < -0.4 is 0 Å². The van der Waals surface area contributed by atoms with Crippen LogP contribution in [0.15, 0.2) is 30.3 Å². The zero-order valence-corrected chi connectivity index (χ0v) is 15.6. The molecule has 0 aliphatic carbocycles. The number of carbonyl (C=O) groups is 1. The summed E-state index contributed by atoms with van der Waals surface area (Å²) in [4.78, 5) is 12.7. The first-order chi connectivity index (χ1) is 14.1. The molecular formula is C20H22O10. The van der Waals surface area contributed by atoms with Crippen LogP contribution in [0.1, 0.15) is 27.6 Å². The zero-order chi connectivity index (χ0) is 22.2. The van der Waals surface area contributed by atoms with Gasteiger partial charge in [0.1, 0.15) is 42.0 Å². The van der Waals surface area contributed by atoms with E-state index in [1.165, 1.54) is 18.2 Å². The summed E-state index contributed by atoms with van der Waals surface area (Å²) in [7, 11) is 0. The average Bonchev–Trinajstić information content (AvgIpc) is 2.70. The van der Waals surface area contributed by atoms with E-state index in [2.05, 4.69) is 0 Å². The molecule has 1 heterocycles. The predicted octanol–water partition coefficient (Wildman–Crippen LogP) is -0.551. The third-order valence-corrected chi connectivity index (χ3v) is 5.02. The number of aliphatic hydroxyl groups excluding tert-OH is 4. The van der Waals surface area contributed by atoms with Gasteiger partial charge in [0, 0.05) is 6.42 Å². The molecule has 1 saturated heterocycles. The Hall–Kier alpha value is -2.89. The lowest BCUT2D eigenvalue weighted by Crippen LogP contribution is -2.49. The van der Waals surface area contributed by atoms with E-state index in [0.29, 0.717) is 5.56 Å². The molecule has 8 N–H and O–H groups in total. The number of hydrogen-bond donors (Lipinski definition) is 8. The van der Waals surface area contributed by atoms with Gasteiger partial charge in [-0.15, -0.1) is 0 Å². The lowest BCUT2D eigenvalue weighted by atomic mass is 9.90. The quantitative estimate of drug-likeness (QED) is 0.229. The lowest BCUT2D eigenvalue weighted by Gasteiger charge is -2.36. The van der Waals surface area contributed by atoms with Crippen molar-refractivity contribution in [2.45, 2.75) is 36.9 Å². The van der Waals surface area contributed by atoms with Crippen LogP contribution in [-0.2, 0) is 11.2 Å². The van der Waals surface area contributed by atoms with Crippen molar-refractivity contribution < 1.29 is 50.4 Å². The van der Waals surface area contributed by atoms with Gasteiger partial charge < -0.3 is 45.6 Å². The van der Waals surface area contributed by atoms with Crippen molar-refractivity contribution in [3.63, 3.8) is 0 Å². The number of aliphatic hydroxyl groups is 4. The normalized spacial score (nSPS) is 25.1. The summed E-state index contributed by atoms with van der Waals surface area (Å²) in [6.07, 6.45) is -7.97. The molecular weight excluding hydrogens is 400 g/mol. The number of ketones is 1. The van der Waals surface area contributed by atoms with Crippen molar-refractivity contribution in [3.8, 4) is 23.0 Å². The fraction of sp³-hybridized carbons (Fsp3) is 0.350. The summed E-state index contributed by atoms with van der Waals surface area (Å²) in [5, 5.41) is 79.4. The van der Waals surface area contributed by atoms with E-state index < -0.39 is 53.6 Å². The van der Waals surface area contributed by atoms with E-state index in [-0.39, 0.29) is 29.9 Å². The highest BCUT2D eigenvalue weighted by atomic mass is 16.5. The van der Waals surface area contributed by atoms with Crippen molar-refractivity contribution in [2.24, 2.45) is 0 Å². The van der Waals surface area contributed by atoms with Gasteiger partial charge in [-0.05, 0) is 29.8 Å². The Morgan fingerprint density at radius 3 is 2.30 bits per heavy atom. The van der Waals surface area contributed by atoms with E-state index in [4.69, 9.17) is 4.74 Å². The number of benzene rings is 2. The van der Waals surface area contributed by atoms with Crippen molar-refractivity contribution in [1.29, 1.82) is 0 Å². The molecule has 0 saturated carbocycles. The van der Waals surface area contributed by atoms with Crippen molar-refractivity contribution in [3.05, 3.63) is 47.0 Å². The van der Waals surface area contributed by atoms with Crippen LogP contribution in [0.5, 0.6) is 23.0 Å². The number of phenolic OH excluding ortho intramolecular Hbond substituents is 4. The Bertz CT molecular complexity index is 943. The van der Waals surface area contributed by atoms with E-state index in [0.717, 1.165) is 12.1 Å². The minimum absolute atomic E-state index is 0.240. The molecule has 10 nitrogen and oxygen atoms in total. The summed E-state index contributed by atoms with van der Waals surface area (Å²) in [5.41, 5.74) is -0.392. The Morgan fingerprint density at radius 1 is 0.967 bits per heavy atom. The third-order valence-electron chi connectivity index (χ3n) is 5.02. The van der Waals surface area contributed by atoms with Gasteiger partial charge in [-0.25, -0.2) is 0 Å². The summed E-state index contributed by atoms with van der Waals surface area (Å²) in [6.45, 7) is -0.382. The minimum atomic E-state index is -1.69. The Kier molecular flexibility index (Phi) is 6.15. The maximum atomic E-state index is 12.7. The highest BCUT2D eigenvalue weighted by Crippen LogP contribution is 2.41. The van der Waals surface area contributed by atoms with Crippen LogP contribution >= 0.6 is 0 Å². The molecule has 162 valence electrons. The number of phenols is 4. The molecule has 3 rings (SSSR count). The minimum Gasteiger partial charge on any atom is -0.507 e. The lowest BCUT2D eigenvalue weighted by molar-refractivity contribution is -0.189. The molecule has 30 heavy (non-hydrogen) atoms.